The number of nitrogens with one attached hydrogen (secondary N) is 3. The van der Waals surface area contributed by atoms with Crippen LogP contribution in [0.15, 0.2) is 24.3 Å². The SMILES string of the molecule is CCN(C)c1cc(NC(=O)NCc2cc3c(s2)C(=O)N(C2CCC(=O)NC2=O)C3)ccc1C. The first-order valence-corrected chi connectivity index (χ1v) is 11.7. The zero-order valence-electron chi connectivity index (χ0n) is 18.9. The summed E-state index contributed by atoms with van der Waals surface area (Å²) in [5, 5.41) is 7.99. The third-order valence-electron chi connectivity index (χ3n) is 6.02. The number of hydrogen-bond donors (Lipinski definition) is 3. The number of aryl methyl sites for hydroxylation is 1. The van der Waals surface area contributed by atoms with Crippen LogP contribution in [-0.2, 0) is 22.7 Å². The first-order chi connectivity index (χ1) is 15.8. The molecular weight excluding hydrogens is 442 g/mol. The van der Waals surface area contributed by atoms with Gasteiger partial charge in [0.15, 0.2) is 0 Å². The van der Waals surface area contributed by atoms with Gasteiger partial charge in [0.25, 0.3) is 5.91 Å². The van der Waals surface area contributed by atoms with E-state index in [9.17, 15) is 19.2 Å². The number of thiophene rings is 1. The molecule has 1 aromatic carbocycles. The van der Waals surface area contributed by atoms with Crippen LogP contribution in [0, 0.1) is 6.92 Å². The Kier molecular flexibility index (Phi) is 6.37. The number of fused-ring (bicyclic) bond motifs is 1. The maximum absolute atomic E-state index is 12.8. The molecule has 9 nitrogen and oxygen atoms in total. The van der Waals surface area contributed by atoms with Gasteiger partial charge < -0.3 is 20.4 Å². The smallest absolute Gasteiger partial charge is 0.319 e. The summed E-state index contributed by atoms with van der Waals surface area (Å²) in [4.78, 5) is 53.8. The van der Waals surface area contributed by atoms with E-state index in [1.54, 1.807) is 0 Å². The minimum absolute atomic E-state index is 0.201. The topological polar surface area (TPSA) is 111 Å². The number of amides is 5. The second-order valence-corrected chi connectivity index (χ2v) is 9.43. The second-order valence-electron chi connectivity index (χ2n) is 8.29. The number of rotatable bonds is 6. The van der Waals surface area contributed by atoms with Crippen molar-refractivity contribution < 1.29 is 19.2 Å². The Morgan fingerprint density at radius 1 is 1.27 bits per heavy atom. The fourth-order valence-corrected chi connectivity index (χ4v) is 5.17. The lowest BCUT2D eigenvalue weighted by molar-refractivity contribution is -0.136. The van der Waals surface area contributed by atoms with E-state index in [1.807, 2.05) is 38.2 Å². The van der Waals surface area contributed by atoms with Crippen LogP contribution in [0.3, 0.4) is 0 Å². The number of carbonyl (C=O) groups is 4. The van der Waals surface area contributed by atoms with Crippen LogP contribution in [0.25, 0.3) is 0 Å². The van der Waals surface area contributed by atoms with Crippen molar-refractivity contribution in [1.82, 2.24) is 15.5 Å². The van der Waals surface area contributed by atoms with Crippen molar-refractivity contribution in [3.8, 4) is 0 Å². The lowest BCUT2D eigenvalue weighted by atomic mass is 10.0. The molecule has 4 rings (SSSR count). The monoisotopic (exact) mass is 469 g/mol. The normalized spacial score (nSPS) is 17.6. The number of urea groups is 1. The zero-order valence-corrected chi connectivity index (χ0v) is 19.7. The molecule has 0 bridgehead atoms. The van der Waals surface area contributed by atoms with E-state index in [0.29, 0.717) is 30.1 Å². The van der Waals surface area contributed by atoms with Crippen molar-refractivity contribution in [2.24, 2.45) is 0 Å². The maximum Gasteiger partial charge on any atom is 0.319 e. The molecule has 3 N–H and O–H groups in total. The summed E-state index contributed by atoms with van der Waals surface area (Å²) >= 11 is 1.32. The first-order valence-electron chi connectivity index (χ1n) is 10.9. The third-order valence-corrected chi connectivity index (χ3v) is 7.18. The van der Waals surface area contributed by atoms with Gasteiger partial charge in [0.05, 0.1) is 11.4 Å². The van der Waals surface area contributed by atoms with Crippen LogP contribution >= 0.6 is 11.3 Å². The highest BCUT2D eigenvalue weighted by Gasteiger charge is 2.40. The van der Waals surface area contributed by atoms with E-state index < -0.39 is 11.9 Å². The van der Waals surface area contributed by atoms with E-state index in [4.69, 9.17) is 0 Å². The van der Waals surface area contributed by atoms with E-state index in [-0.39, 0.29) is 24.3 Å². The summed E-state index contributed by atoms with van der Waals surface area (Å²) in [7, 11) is 2.00. The van der Waals surface area contributed by atoms with Crippen molar-refractivity contribution in [1.29, 1.82) is 0 Å². The second kappa shape index (κ2) is 9.22. The Morgan fingerprint density at radius 3 is 2.76 bits per heavy atom. The average Bonchev–Trinajstić information content (AvgIpc) is 3.32. The molecule has 0 aliphatic carbocycles. The Bertz CT molecular complexity index is 1130. The van der Waals surface area contributed by atoms with Crippen molar-refractivity contribution in [3.05, 3.63) is 45.1 Å². The number of hydrogen-bond acceptors (Lipinski definition) is 6. The number of piperidine rings is 1. The van der Waals surface area contributed by atoms with E-state index in [2.05, 4.69) is 27.8 Å². The summed E-state index contributed by atoms with van der Waals surface area (Å²) in [5.74, 6) is -0.923. The Morgan fingerprint density at radius 2 is 2.06 bits per heavy atom. The molecule has 0 saturated carbocycles. The molecule has 33 heavy (non-hydrogen) atoms. The number of carbonyl (C=O) groups excluding carboxylic acids is 4. The minimum Gasteiger partial charge on any atom is -0.375 e. The van der Waals surface area contributed by atoms with Crippen LogP contribution < -0.4 is 20.9 Å². The predicted molar refractivity (Wildman–Crippen MR) is 126 cm³/mol. The van der Waals surface area contributed by atoms with Gasteiger partial charge in [0, 0.05) is 42.8 Å². The van der Waals surface area contributed by atoms with E-state index in [0.717, 1.165) is 28.2 Å². The highest BCUT2D eigenvalue weighted by atomic mass is 32.1. The molecule has 2 aliphatic heterocycles. The van der Waals surface area contributed by atoms with Crippen LogP contribution in [0.2, 0.25) is 0 Å². The molecule has 5 amide bonds. The summed E-state index contributed by atoms with van der Waals surface area (Å²) in [6.45, 7) is 5.59. The summed E-state index contributed by atoms with van der Waals surface area (Å²) in [5.41, 5.74) is 3.74. The van der Waals surface area contributed by atoms with E-state index >= 15 is 0 Å². The van der Waals surface area contributed by atoms with Gasteiger partial charge in [-0.1, -0.05) is 6.07 Å². The molecule has 1 aromatic heterocycles. The molecule has 2 aliphatic rings. The van der Waals surface area contributed by atoms with Gasteiger partial charge in [0.1, 0.15) is 6.04 Å². The molecule has 2 aromatic rings. The minimum atomic E-state index is -0.617. The van der Waals surface area contributed by atoms with Gasteiger partial charge in [-0.15, -0.1) is 11.3 Å². The molecule has 1 fully saturated rings. The van der Waals surface area contributed by atoms with Crippen LogP contribution in [-0.4, -0.2) is 48.3 Å². The largest absolute Gasteiger partial charge is 0.375 e. The predicted octanol–water partition coefficient (Wildman–Crippen LogP) is 2.60. The highest BCUT2D eigenvalue weighted by molar-refractivity contribution is 7.14. The Balaban J connectivity index is 1.34. The molecule has 0 spiro atoms. The maximum atomic E-state index is 12.8. The standard InChI is InChI=1S/C23H27N5O4S/c1-4-27(3)18-10-15(6-5-13(18)2)25-23(32)24-11-16-9-14-12-28(22(31)20(14)33-16)17-7-8-19(29)26-21(17)30/h5-6,9-10,17H,4,7-8,11-12H2,1-3H3,(H2,24,25,32)(H,26,29,30). The summed E-state index contributed by atoms with van der Waals surface area (Å²) in [6, 6.07) is 6.73. The molecule has 1 saturated heterocycles. The molecule has 174 valence electrons. The fourth-order valence-electron chi connectivity index (χ4n) is 4.10. The number of anilines is 2. The van der Waals surface area contributed by atoms with E-state index in [1.165, 1.54) is 16.2 Å². The summed E-state index contributed by atoms with van der Waals surface area (Å²) in [6.07, 6.45) is 0.573. The zero-order chi connectivity index (χ0) is 23.7. The first kappa shape index (κ1) is 22.8. The number of imide groups is 1. The Labute approximate surface area is 196 Å². The van der Waals surface area contributed by atoms with Gasteiger partial charge in [-0.05, 0) is 49.6 Å². The van der Waals surface area contributed by atoms with Crippen LogP contribution in [0.1, 0.15) is 45.4 Å². The van der Waals surface area contributed by atoms with Crippen molar-refractivity contribution in [3.63, 3.8) is 0 Å². The number of benzene rings is 1. The van der Waals surface area contributed by atoms with Gasteiger partial charge in [-0.25, -0.2) is 4.79 Å². The van der Waals surface area contributed by atoms with Crippen LogP contribution in [0.5, 0.6) is 0 Å². The molecule has 3 heterocycles. The van der Waals surface area contributed by atoms with Crippen molar-refractivity contribution in [2.45, 2.75) is 45.8 Å². The molecule has 10 heteroatoms. The highest BCUT2D eigenvalue weighted by Crippen LogP contribution is 2.33. The Hall–Kier alpha value is -3.40. The third kappa shape index (κ3) is 4.70. The fraction of sp³-hybridized carbons (Fsp3) is 0.391. The van der Waals surface area contributed by atoms with Crippen molar-refractivity contribution in [2.75, 3.05) is 23.8 Å². The quantitative estimate of drug-likeness (QED) is 0.563. The van der Waals surface area contributed by atoms with Gasteiger partial charge in [0.2, 0.25) is 11.8 Å². The molecule has 1 atom stereocenters. The van der Waals surface area contributed by atoms with Crippen LogP contribution in [0.4, 0.5) is 16.2 Å². The van der Waals surface area contributed by atoms with Gasteiger partial charge in [-0.2, -0.15) is 0 Å². The lowest BCUT2D eigenvalue weighted by Crippen LogP contribution is -2.52. The molecular formula is C23H27N5O4S. The number of nitrogens with zero attached hydrogens (tertiary/aromatic N) is 2. The van der Waals surface area contributed by atoms with Gasteiger partial charge in [-0.3, -0.25) is 19.7 Å². The molecule has 1 unspecified atom stereocenters. The van der Waals surface area contributed by atoms with Crippen molar-refractivity contribution >= 4 is 46.5 Å². The lowest BCUT2D eigenvalue weighted by Gasteiger charge is -2.29. The average molecular weight is 470 g/mol. The summed E-state index contributed by atoms with van der Waals surface area (Å²) < 4.78 is 0. The van der Waals surface area contributed by atoms with Gasteiger partial charge >= 0.3 is 6.03 Å². The molecule has 0 radical (unpaired) electrons.